The first-order valence-electron chi connectivity index (χ1n) is 12.9. The number of hydrogen-bond donors (Lipinski definition) is 1. The van der Waals surface area contributed by atoms with Crippen LogP contribution in [-0.4, -0.2) is 32.8 Å². The number of benzene rings is 4. The lowest BCUT2D eigenvalue weighted by Gasteiger charge is -2.22. The van der Waals surface area contributed by atoms with Gasteiger partial charge in [0.15, 0.2) is 0 Å². The number of imidazole rings is 1. The number of anilines is 1. The Kier molecular flexibility index (Phi) is 7.64. The van der Waals surface area contributed by atoms with Gasteiger partial charge in [-0.15, -0.1) is 0 Å². The Morgan fingerprint density at radius 2 is 1.44 bits per heavy atom. The summed E-state index contributed by atoms with van der Waals surface area (Å²) in [5.41, 5.74) is 6.38. The summed E-state index contributed by atoms with van der Waals surface area (Å²) in [6, 6.07) is 34.7. The summed E-state index contributed by atoms with van der Waals surface area (Å²) in [4.78, 5) is 33.2. The molecule has 0 spiro atoms. The predicted molar refractivity (Wildman–Crippen MR) is 155 cm³/mol. The van der Waals surface area contributed by atoms with Crippen molar-refractivity contribution in [3.63, 3.8) is 0 Å². The van der Waals surface area contributed by atoms with E-state index >= 15 is 0 Å². The first-order chi connectivity index (χ1) is 19.0. The van der Waals surface area contributed by atoms with Crippen LogP contribution in [0.2, 0.25) is 0 Å². The fourth-order valence-electron chi connectivity index (χ4n) is 4.39. The van der Waals surface area contributed by atoms with Gasteiger partial charge < -0.3 is 4.90 Å². The maximum Gasteiger partial charge on any atom is 0.254 e. The molecule has 0 saturated heterocycles. The molecule has 0 unspecified atom stereocenters. The van der Waals surface area contributed by atoms with E-state index in [-0.39, 0.29) is 18.4 Å². The van der Waals surface area contributed by atoms with Crippen LogP contribution in [0.3, 0.4) is 0 Å². The van der Waals surface area contributed by atoms with E-state index in [0.717, 1.165) is 28.1 Å². The molecule has 0 radical (unpaired) electrons. The smallest absolute Gasteiger partial charge is 0.254 e. The molecule has 0 bridgehead atoms. The van der Waals surface area contributed by atoms with Gasteiger partial charge in [-0.2, -0.15) is 0 Å². The van der Waals surface area contributed by atoms with Gasteiger partial charge in [-0.3, -0.25) is 19.5 Å². The maximum absolute atomic E-state index is 13.4. The van der Waals surface area contributed by atoms with Crippen LogP contribution in [0.15, 0.2) is 115 Å². The summed E-state index contributed by atoms with van der Waals surface area (Å²) in [6.07, 6.45) is 1.92. The third-order valence-corrected chi connectivity index (χ3v) is 6.65. The average molecular weight is 515 g/mol. The molecule has 0 aliphatic heterocycles. The number of carbonyl (C=O) groups is 2. The van der Waals surface area contributed by atoms with Crippen LogP contribution >= 0.6 is 0 Å². The fourth-order valence-corrected chi connectivity index (χ4v) is 4.39. The first kappa shape index (κ1) is 25.7. The maximum atomic E-state index is 13.4. The molecule has 1 aromatic heterocycles. The molecule has 6 heteroatoms. The minimum Gasteiger partial charge on any atom is -0.325 e. The summed E-state index contributed by atoms with van der Waals surface area (Å²) in [7, 11) is 0. The fraction of sp³-hybridized carbons (Fsp3) is 0.121. The molecule has 0 atom stereocenters. The van der Waals surface area contributed by atoms with Crippen molar-refractivity contribution in [2.75, 3.05) is 11.9 Å². The van der Waals surface area contributed by atoms with Gasteiger partial charge >= 0.3 is 0 Å². The topological polar surface area (TPSA) is 67.2 Å². The van der Waals surface area contributed by atoms with Crippen molar-refractivity contribution in [2.45, 2.75) is 20.4 Å². The van der Waals surface area contributed by atoms with E-state index < -0.39 is 0 Å². The van der Waals surface area contributed by atoms with Gasteiger partial charge in [-0.25, -0.2) is 4.98 Å². The third kappa shape index (κ3) is 6.13. The molecule has 1 N–H and O–H groups in total. The highest BCUT2D eigenvalue weighted by Gasteiger charge is 2.21. The van der Waals surface area contributed by atoms with Crippen molar-refractivity contribution >= 4 is 17.8 Å². The third-order valence-electron chi connectivity index (χ3n) is 6.65. The molecular formula is C33H30N4O2. The zero-order valence-corrected chi connectivity index (χ0v) is 22.0. The lowest BCUT2D eigenvalue weighted by molar-refractivity contribution is -0.117. The van der Waals surface area contributed by atoms with Crippen molar-refractivity contribution in [3.05, 3.63) is 138 Å². The summed E-state index contributed by atoms with van der Waals surface area (Å²) >= 11 is 0. The number of rotatable bonds is 8. The van der Waals surface area contributed by atoms with Gasteiger partial charge in [0, 0.05) is 29.6 Å². The number of aryl methyl sites for hydroxylation is 2. The van der Waals surface area contributed by atoms with Gasteiger partial charge in [-0.1, -0.05) is 84.9 Å². The molecule has 0 fully saturated rings. The highest BCUT2D eigenvalue weighted by Crippen LogP contribution is 2.25. The van der Waals surface area contributed by atoms with Crippen molar-refractivity contribution in [1.82, 2.24) is 14.5 Å². The highest BCUT2D eigenvalue weighted by molar-refractivity contribution is 5.99. The van der Waals surface area contributed by atoms with Crippen LogP contribution in [0.5, 0.6) is 0 Å². The second kappa shape index (κ2) is 11.6. The lowest BCUT2D eigenvalue weighted by Crippen LogP contribution is -2.38. The Balaban J connectivity index is 1.45. The quantitative estimate of drug-likeness (QED) is 0.259. The minimum absolute atomic E-state index is 0.122. The number of nitrogens with zero attached hydrogens (tertiary/aromatic N) is 3. The van der Waals surface area contributed by atoms with Gasteiger partial charge in [0.1, 0.15) is 6.54 Å². The van der Waals surface area contributed by atoms with Crippen LogP contribution in [0.4, 0.5) is 5.95 Å². The van der Waals surface area contributed by atoms with Gasteiger partial charge in [-0.05, 0) is 54.8 Å². The molecule has 5 rings (SSSR count). The first-order valence-corrected chi connectivity index (χ1v) is 12.9. The second-order valence-electron chi connectivity index (χ2n) is 9.52. The summed E-state index contributed by atoms with van der Waals surface area (Å²) in [5.74, 6) is -0.142. The molecule has 0 aliphatic rings. The molecule has 194 valence electrons. The van der Waals surface area contributed by atoms with E-state index in [9.17, 15) is 9.59 Å². The van der Waals surface area contributed by atoms with Gasteiger partial charge in [0.05, 0.1) is 5.69 Å². The summed E-state index contributed by atoms with van der Waals surface area (Å²) < 4.78 is 1.88. The SMILES string of the molecule is Cc1ccc(-n2cc(-c3ccccc3)nc2NC(=O)CN(Cc2ccccc2)C(=O)c2ccccc2)cc1C. The van der Waals surface area contributed by atoms with Crippen LogP contribution in [0.25, 0.3) is 16.9 Å². The zero-order chi connectivity index (χ0) is 27.2. The summed E-state index contributed by atoms with van der Waals surface area (Å²) in [5, 5.41) is 2.97. The number of hydrogen-bond acceptors (Lipinski definition) is 3. The molecule has 1 heterocycles. The molecular weight excluding hydrogens is 484 g/mol. The van der Waals surface area contributed by atoms with E-state index in [1.165, 1.54) is 5.56 Å². The number of amides is 2. The summed E-state index contributed by atoms with van der Waals surface area (Å²) in [6.45, 7) is 4.31. The van der Waals surface area contributed by atoms with Gasteiger partial charge in [0.2, 0.25) is 11.9 Å². The molecule has 0 saturated carbocycles. The Morgan fingerprint density at radius 3 is 2.10 bits per heavy atom. The van der Waals surface area contributed by atoms with E-state index in [0.29, 0.717) is 18.1 Å². The minimum atomic E-state index is -0.328. The Morgan fingerprint density at radius 1 is 0.795 bits per heavy atom. The Hall–Kier alpha value is -4.97. The zero-order valence-electron chi connectivity index (χ0n) is 22.0. The molecule has 6 nitrogen and oxygen atoms in total. The number of nitrogens with one attached hydrogen (secondary N) is 1. The Labute approximate surface area is 228 Å². The van der Waals surface area contributed by atoms with Crippen LogP contribution < -0.4 is 5.32 Å². The Bertz CT molecular complexity index is 1580. The van der Waals surface area contributed by atoms with E-state index in [1.54, 1.807) is 17.0 Å². The second-order valence-corrected chi connectivity index (χ2v) is 9.52. The molecule has 0 aliphatic carbocycles. The molecule has 39 heavy (non-hydrogen) atoms. The van der Waals surface area contributed by atoms with Crippen molar-refractivity contribution in [2.24, 2.45) is 0 Å². The van der Waals surface area contributed by atoms with Crippen molar-refractivity contribution < 1.29 is 9.59 Å². The number of aromatic nitrogens is 2. The standard InChI is InChI=1S/C33H30N4O2/c1-24-18-19-29(20-25(24)2)37-22-30(27-14-8-4-9-15-27)34-33(37)35-31(38)23-36(21-26-12-6-3-7-13-26)32(39)28-16-10-5-11-17-28/h3-20,22H,21,23H2,1-2H3,(H,34,35,38). The van der Waals surface area contributed by atoms with E-state index in [4.69, 9.17) is 4.98 Å². The van der Waals surface area contributed by atoms with Crippen molar-refractivity contribution in [1.29, 1.82) is 0 Å². The van der Waals surface area contributed by atoms with Gasteiger partial charge in [0.25, 0.3) is 5.91 Å². The average Bonchev–Trinajstić information content (AvgIpc) is 3.39. The van der Waals surface area contributed by atoms with Crippen molar-refractivity contribution in [3.8, 4) is 16.9 Å². The normalized spacial score (nSPS) is 10.7. The lowest BCUT2D eigenvalue weighted by atomic mass is 10.1. The predicted octanol–water partition coefficient (Wildman–Crippen LogP) is 6.44. The van der Waals surface area contributed by atoms with E-state index in [2.05, 4.69) is 31.3 Å². The van der Waals surface area contributed by atoms with E-state index in [1.807, 2.05) is 95.7 Å². The molecule has 2 amide bonds. The highest BCUT2D eigenvalue weighted by atomic mass is 16.2. The number of carbonyl (C=O) groups excluding carboxylic acids is 2. The van der Waals surface area contributed by atoms with Crippen LogP contribution in [0.1, 0.15) is 27.0 Å². The monoisotopic (exact) mass is 514 g/mol. The molecule has 4 aromatic carbocycles. The largest absolute Gasteiger partial charge is 0.325 e. The van der Waals surface area contributed by atoms with Crippen LogP contribution in [-0.2, 0) is 11.3 Å². The molecule has 5 aromatic rings. The van der Waals surface area contributed by atoms with Crippen LogP contribution in [0, 0.1) is 13.8 Å².